The van der Waals surface area contributed by atoms with E-state index in [4.69, 9.17) is 11.6 Å². The van der Waals surface area contributed by atoms with Crippen molar-refractivity contribution in [3.05, 3.63) is 34.6 Å². The van der Waals surface area contributed by atoms with Gasteiger partial charge in [-0.1, -0.05) is 17.7 Å². The molecule has 0 spiro atoms. The van der Waals surface area contributed by atoms with Crippen LogP contribution < -0.4 is 10.6 Å². The van der Waals surface area contributed by atoms with Gasteiger partial charge in [-0.3, -0.25) is 4.79 Å². The fourth-order valence-corrected chi connectivity index (χ4v) is 2.26. The van der Waals surface area contributed by atoms with Crippen molar-refractivity contribution in [1.82, 2.24) is 10.6 Å². The molecule has 18 heavy (non-hydrogen) atoms. The van der Waals surface area contributed by atoms with Crippen LogP contribution in [0, 0.1) is 5.82 Å². The van der Waals surface area contributed by atoms with E-state index < -0.39 is 0 Å². The molecule has 0 aliphatic heterocycles. The van der Waals surface area contributed by atoms with E-state index in [9.17, 15) is 9.18 Å². The molecule has 1 amide bonds. The van der Waals surface area contributed by atoms with Crippen molar-refractivity contribution in [3.63, 3.8) is 0 Å². The summed E-state index contributed by atoms with van der Waals surface area (Å²) in [5.41, 5.74) is 0.412. The van der Waals surface area contributed by atoms with Gasteiger partial charge >= 0.3 is 0 Å². The van der Waals surface area contributed by atoms with Crippen molar-refractivity contribution in [2.24, 2.45) is 0 Å². The maximum atomic E-state index is 13.8. The largest absolute Gasteiger partial charge is 0.354 e. The van der Waals surface area contributed by atoms with Crippen molar-refractivity contribution < 1.29 is 9.18 Å². The molecule has 1 aromatic carbocycles. The van der Waals surface area contributed by atoms with E-state index in [0.717, 1.165) is 12.8 Å². The Labute approximate surface area is 111 Å². The van der Waals surface area contributed by atoms with E-state index in [1.165, 1.54) is 6.07 Å². The van der Waals surface area contributed by atoms with Gasteiger partial charge < -0.3 is 10.6 Å². The molecular weight excluding hydrogens is 255 g/mol. The predicted molar refractivity (Wildman–Crippen MR) is 69.3 cm³/mol. The molecule has 0 heterocycles. The fourth-order valence-electron chi connectivity index (χ4n) is 2.10. The van der Waals surface area contributed by atoms with Crippen LogP contribution in [0.1, 0.15) is 18.4 Å². The smallest absolute Gasteiger partial charge is 0.233 e. The van der Waals surface area contributed by atoms with Crippen LogP contribution in [-0.2, 0) is 10.2 Å². The average molecular weight is 271 g/mol. The van der Waals surface area contributed by atoms with Crippen LogP contribution in [0.5, 0.6) is 0 Å². The van der Waals surface area contributed by atoms with Crippen molar-refractivity contribution in [3.8, 4) is 0 Å². The molecule has 1 aliphatic rings. The quantitative estimate of drug-likeness (QED) is 0.857. The first kappa shape index (κ1) is 13.3. The highest BCUT2D eigenvalue weighted by Gasteiger charge is 2.46. The predicted octanol–water partition coefficient (Wildman–Crippen LogP) is 1.85. The van der Waals surface area contributed by atoms with Gasteiger partial charge in [0, 0.05) is 17.0 Å². The second kappa shape index (κ2) is 5.24. The van der Waals surface area contributed by atoms with E-state index in [-0.39, 0.29) is 23.7 Å². The lowest BCUT2D eigenvalue weighted by Gasteiger charge is -2.17. The Balaban J connectivity index is 2.05. The molecule has 1 fully saturated rings. The highest BCUT2D eigenvalue weighted by Crippen LogP contribution is 2.48. The molecular formula is C13H16ClFN2O. The van der Waals surface area contributed by atoms with Crippen LogP contribution in [0.15, 0.2) is 18.2 Å². The minimum atomic E-state index is -0.289. The van der Waals surface area contributed by atoms with Gasteiger partial charge in [0.05, 0.1) is 6.54 Å². The summed E-state index contributed by atoms with van der Waals surface area (Å²) in [5.74, 6) is -0.360. The molecule has 3 nitrogen and oxygen atoms in total. The molecule has 0 aromatic heterocycles. The van der Waals surface area contributed by atoms with E-state index in [1.807, 2.05) is 0 Å². The second-order valence-corrected chi connectivity index (χ2v) is 5.15. The normalized spacial score (nSPS) is 16.4. The summed E-state index contributed by atoms with van der Waals surface area (Å²) >= 11 is 5.74. The number of halogens is 2. The van der Waals surface area contributed by atoms with Gasteiger partial charge in [0.15, 0.2) is 0 Å². The van der Waals surface area contributed by atoms with Crippen LogP contribution >= 0.6 is 11.6 Å². The van der Waals surface area contributed by atoms with Gasteiger partial charge in [-0.15, -0.1) is 0 Å². The van der Waals surface area contributed by atoms with E-state index in [1.54, 1.807) is 19.2 Å². The first-order valence-corrected chi connectivity index (χ1v) is 6.32. The molecule has 98 valence electrons. The third-order valence-electron chi connectivity index (χ3n) is 3.32. The van der Waals surface area contributed by atoms with E-state index >= 15 is 0 Å². The lowest BCUT2D eigenvalue weighted by atomic mass is 9.95. The van der Waals surface area contributed by atoms with Gasteiger partial charge in [0.2, 0.25) is 5.91 Å². The number of carbonyl (C=O) groups excluding carboxylic acids is 1. The number of likely N-dealkylation sites (N-methyl/N-ethyl adjacent to an activating group) is 1. The summed E-state index contributed by atoms with van der Waals surface area (Å²) < 4.78 is 13.8. The molecule has 1 saturated carbocycles. The first-order chi connectivity index (χ1) is 8.57. The second-order valence-electron chi connectivity index (χ2n) is 4.71. The van der Waals surface area contributed by atoms with Crippen molar-refractivity contribution in [1.29, 1.82) is 0 Å². The van der Waals surface area contributed by atoms with Gasteiger partial charge in [0.1, 0.15) is 5.82 Å². The number of nitrogens with one attached hydrogen (secondary N) is 2. The highest BCUT2D eigenvalue weighted by atomic mass is 35.5. The zero-order valence-electron chi connectivity index (χ0n) is 10.2. The third kappa shape index (κ3) is 2.82. The van der Waals surface area contributed by atoms with Gasteiger partial charge in [-0.25, -0.2) is 4.39 Å². The number of amides is 1. The first-order valence-electron chi connectivity index (χ1n) is 5.94. The van der Waals surface area contributed by atoms with Crippen molar-refractivity contribution in [2.75, 3.05) is 20.1 Å². The van der Waals surface area contributed by atoms with Crippen LogP contribution in [-0.4, -0.2) is 26.0 Å². The fraction of sp³-hybridized carbons (Fsp3) is 0.462. The Bertz CT molecular complexity index is 460. The van der Waals surface area contributed by atoms with Crippen LogP contribution in [0.3, 0.4) is 0 Å². The molecule has 1 aliphatic carbocycles. The Kier molecular flexibility index (Phi) is 3.88. The van der Waals surface area contributed by atoms with Crippen molar-refractivity contribution in [2.45, 2.75) is 18.3 Å². The molecule has 2 N–H and O–H groups in total. The topological polar surface area (TPSA) is 41.1 Å². The van der Waals surface area contributed by atoms with Crippen molar-refractivity contribution >= 4 is 17.5 Å². The Hall–Kier alpha value is -1.13. The van der Waals surface area contributed by atoms with Crippen LogP contribution in [0.4, 0.5) is 4.39 Å². The number of benzene rings is 1. The Morgan fingerprint density at radius 2 is 2.22 bits per heavy atom. The van der Waals surface area contributed by atoms with Crippen LogP contribution in [0.2, 0.25) is 5.02 Å². The van der Waals surface area contributed by atoms with E-state index in [2.05, 4.69) is 10.6 Å². The summed E-state index contributed by atoms with van der Waals surface area (Å²) in [4.78, 5) is 11.4. The molecule has 0 bridgehead atoms. The van der Waals surface area contributed by atoms with Crippen LogP contribution in [0.25, 0.3) is 0 Å². The van der Waals surface area contributed by atoms with Gasteiger partial charge in [-0.05, 0) is 37.6 Å². The minimum Gasteiger partial charge on any atom is -0.354 e. The molecule has 2 rings (SSSR count). The van der Waals surface area contributed by atoms with Gasteiger partial charge in [0.25, 0.3) is 0 Å². The van der Waals surface area contributed by atoms with E-state index in [0.29, 0.717) is 17.1 Å². The standard InChI is InChI=1S/C13H16ClFN2O/c1-16-7-12(18)17-8-13(4-5-13)10-3-2-9(14)6-11(10)15/h2-3,6,16H,4-5,7-8H2,1H3,(H,17,18). The molecule has 0 radical (unpaired) electrons. The monoisotopic (exact) mass is 270 g/mol. The minimum absolute atomic E-state index is 0.0712. The highest BCUT2D eigenvalue weighted by molar-refractivity contribution is 6.30. The SMILES string of the molecule is CNCC(=O)NCC1(c2ccc(Cl)cc2F)CC1. The summed E-state index contributed by atoms with van der Waals surface area (Å²) in [6.07, 6.45) is 1.79. The third-order valence-corrected chi connectivity index (χ3v) is 3.55. The summed E-state index contributed by atoms with van der Waals surface area (Å²) in [7, 11) is 1.71. The maximum absolute atomic E-state index is 13.8. The number of carbonyl (C=O) groups is 1. The zero-order valence-corrected chi connectivity index (χ0v) is 11.0. The zero-order chi connectivity index (χ0) is 13.2. The average Bonchev–Trinajstić information content (AvgIpc) is 3.08. The Morgan fingerprint density at radius 1 is 1.50 bits per heavy atom. The number of hydrogen-bond donors (Lipinski definition) is 2. The maximum Gasteiger partial charge on any atom is 0.233 e. The lowest BCUT2D eigenvalue weighted by Crippen LogP contribution is -2.37. The Morgan fingerprint density at radius 3 is 2.78 bits per heavy atom. The molecule has 1 aromatic rings. The summed E-state index contributed by atoms with van der Waals surface area (Å²) in [6.45, 7) is 0.755. The number of hydrogen-bond acceptors (Lipinski definition) is 2. The lowest BCUT2D eigenvalue weighted by molar-refractivity contribution is -0.120. The summed E-state index contributed by atoms with van der Waals surface area (Å²) in [5, 5.41) is 6.00. The number of rotatable bonds is 5. The molecule has 0 atom stereocenters. The summed E-state index contributed by atoms with van der Waals surface area (Å²) in [6, 6.07) is 4.73. The molecule has 0 unspecified atom stereocenters. The van der Waals surface area contributed by atoms with Gasteiger partial charge in [-0.2, -0.15) is 0 Å². The molecule has 5 heteroatoms. The molecule has 0 saturated heterocycles.